The monoisotopic (exact) mass is 450 g/mol. The molecule has 0 aliphatic heterocycles. The SMILES string of the molecule is O=C(CC(NC(=O)c1ccccc1)c1cccc(Cl)c1)N[C@@H](Cc1ccccc1)B(O)O. The first kappa shape index (κ1) is 23.5. The Hall–Kier alpha value is -3.13. The predicted molar refractivity (Wildman–Crippen MR) is 125 cm³/mol. The number of rotatable bonds is 9. The van der Waals surface area contributed by atoms with Crippen LogP contribution in [0.5, 0.6) is 0 Å². The first-order valence-electron chi connectivity index (χ1n) is 10.2. The summed E-state index contributed by atoms with van der Waals surface area (Å²) >= 11 is 6.12. The number of benzene rings is 3. The zero-order chi connectivity index (χ0) is 22.9. The molecule has 164 valence electrons. The second-order valence-corrected chi connectivity index (χ2v) is 7.86. The van der Waals surface area contributed by atoms with Crippen molar-refractivity contribution in [2.45, 2.75) is 24.8 Å². The highest BCUT2D eigenvalue weighted by molar-refractivity contribution is 6.43. The fourth-order valence-corrected chi connectivity index (χ4v) is 3.56. The Morgan fingerprint density at radius 3 is 2.16 bits per heavy atom. The maximum absolute atomic E-state index is 12.8. The summed E-state index contributed by atoms with van der Waals surface area (Å²) in [6.07, 6.45) is 0.152. The third kappa shape index (κ3) is 6.95. The Bertz CT molecular complexity index is 1030. The average molecular weight is 451 g/mol. The van der Waals surface area contributed by atoms with Crippen molar-refractivity contribution in [3.63, 3.8) is 0 Å². The van der Waals surface area contributed by atoms with Gasteiger partial charge in [0.1, 0.15) is 0 Å². The van der Waals surface area contributed by atoms with Crippen LogP contribution in [-0.4, -0.2) is 34.9 Å². The van der Waals surface area contributed by atoms with Crippen LogP contribution in [0.4, 0.5) is 0 Å². The highest BCUT2D eigenvalue weighted by Crippen LogP contribution is 2.21. The van der Waals surface area contributed by atoms with E-state index in [-0.39, 0.29) is 18.7 Å². The van der Waals surface area contributed by atoms with Crippen LogP contribution in [0.15, 0.2) is 84.9 Å². The molecular formula is C24H24BClN2O4. The highest BCUT2D eigenvalue weighted by atomic mass is 35.5. The molecule has 0 heterocycles. The van der Waals surface area contributed by atoms with Gasteiger partial charge in [0.25, 0.3) is 5.91 Å². The van der Waals surface area contributed by atoms with Gasteiger partial charge in [-0.25, -0.2) is 0 Å². The van der Waals surface area contributed by atoms with E-state index >= 15 is 0 Å². The Balaban J connectivity index is 1.74. The van der Waals surface area contributed by atoms with Crippen LogP contribution in [0.2, 0.25) is 5.02 Å². The van der Waals surface area contributed by atoms with Crippen LogP contribution in [0.1, 0.15) is 33.9 Å². The smallest absolute Gasteiger partial charge is 0.426 e. The lowest BCUT2D eigenvalue weighted by atomic mass is 9.76. The maximum Gasteiger partial charge on any atom is 0.475 e. The lowest BCUT2D eigenvalue weighted by molar-refractivity contribution is -0.122. The van der Waals surface area contributed by atoms with Gasteiger partial charge in [-0.15, -0.1) is 0 Å². The largest absolute Gasteiger partial charge is 0.475 e. The molecule has 0 spiro atoms. The first-order chi connectivity index (χ1) is 15.4. The lowest BCUT2D eigenvalue weighted by Crippen LogP contribution is -2.48. The van der Waals surface area contributed by atoms with Crippen LogP contribution in [0, 0.1) is 0 Å². The minimum Gasteiger partial charge on any atom is -0.426 e. The van der Waals surface area contributed by atoms with Gasteiger partial charge in [-0.2, -0.15) is 0 Å². The summed E-state index contributed by atoms with van der Waals surface area (Å²) in [5.74, 6) is -1.65. The molecule has 3 aromatic rings. The summed E-state index contributed by atoms with van der Waals surface area (Å²) in [7, 11) is -1.73. The quantitative estimate of drug-likeness (QED) is 0.377. The van der Waals surface area contributed by atoms with Crippen LogP contribution in [-0.2, 0) is 11.2 Å². The van der Waals surface area contributed by atoms with Crippen LogP contribution >= 0.6 is 11.6 Å². The summed E-state index contributed by atoms with van der Waals surface area (Å²) in [5.41, 5.74) is 1.99. The molecule has 0 aromatic heterocycles. The molecule has 8 heteroatoms. The predicted octanol–water partition coefficient (Wildman–Crippen LogP) is 2.94. The summed E-state index contributed by atoms with van der Waals surface area (Å²) in [6.45, 7) is 0. The third-order valence-electron chi connectivity index (χ3n) is 4.99. The maximum atomic E-state index is 12.8. The van der Waals surface area contributed by atoms with Gasteiger partial charge in [0.15, 0.2) is 0 Å². The van der Waals surface area contributed by atoms with Crippen molar-refractivity contribution >= 4 is 30.5 Å². The number of amides is 2. The van der Waals surface area contributed by atoms with Crippen LogP contribution in [0.3, 0.4) is 0 Å². The van der Waals surface area contributed by atoms with Crippen LogP contribution < -0.4 is 10.6 Å². The third-order valence-corrected chi connectivity index (χ3v) is 5.22. The molecule has 0 saturated carbocycles. The van der Waals surface area contributed by atoms with E-state index in [0.29, 0.717) is 16.1 Å². The number of carbonyl (C=O) groups is 2. The van der Waals surface area contributed by atoms with Crippen molar-refractivity contribution in [2.75, 3.05) is 0 Å². The molecule has 3 aromatic carbocycles. The molecule has 1 unspecified atom stereocenters. The zero-order valence-corrected chi connectivity index (χ0v) is 18.1. The van der Waals surface area contributed by atoms with E-state index in [1.54, 1.807) is 48.5 Å². The molecule has 2 atom stereocenters. The van der Waals surface area contributed by atoms with E-state index in [1.165, 1.54) is 0 Å². The molecule has 32 heavy (non-hydrogen) atoms. The molecule has 4 N–H and O–H groups in total. The molecule has 0 saturated heterocycles. The van der Waals surface area contributed by atoms with Crippen molar-refractivity contribution in [2.24, 2.45) is 0 Å². The number of hydrogen-bond acceptors (Lipinski definition) is 4. The fraction of sp³-hybridized carbons (Fsp3) is 0.167. The summed E-state index contributed by atoms with van der Waals surface area (Å²) < 4.78 is 0. The summed E-state index contributed by atoms with van der Waals surface area (Å²) in [5, 5.41) is 25.5. The molecule has 6 nitrogen and oxygen atoms in total. The van der Waals surface area contributed by atoms with Crippen molar-refractivity contribution < 1.29 is 19.6 Å². The topological polar surface area (TPSA) is 98.7 Å². The van der Waals surface area contributed by atoms with E-state index in [9.17, 15) is 19.6 Å². The van der Waals surface area contributed by atoms with E-state index < -0.39 is 25.0 Å². The van der Waals surface area contributed by atoms with Gasteiger partial charge in [-0.05, 0) is 41.8 Å². The molecular weight excluding hydrogens is 427 g/mol. The number of carbonyl (C=O) groups excluding carboxylic acids is 2. The Kier molecular flexibility index (Phi) is 8.44. The summed E-state index contributed by atoms with van der Waals surface area (Å²) in [6, 6.07) is 24.2. The van der Waals surface area contributed by atoms with E-state index in [4.69, 9.17) is 11.6 Å². The lowest BCUT2D eigenvalue weighted by Gasteiger charge is -2.22. The standard InChI is InChI=1S/C24H24BClN2O4/c26-20-13-7-12-19(15-20)21(27-24(30)18-10-5-2-6-11-18)16-23(29)28-22(25(31)32)14-17-8-3-1-4-9-17/h1-13,15,21-22,31-32H,14,16H2,(H,27,30)(H,28,29)/t21?,22-/m0/s1. The van der Waals surface area contributed by atoms with Gasteiger partial charge >= 0.3 is 7.12 Å². The minimum absolute atomic E-state index is 0.100. The second kappa shape index (κ2) is 11.5. The molecule has 0 radical (unpaired) electrons. The van der Waals surface area contributed by atoms with E-state index in [1.807, 2.05) is 36.4 Å². The summed E-state index contributed by atoms with van der Waals surface area (Å²) in [4.78, 5) is 25.5. The average Bonchev–Trinajstić information content (AvgIpc) is 2.79. The molecule has 0 aliphatic rings. The van der Waals surface area contributed by atoms with Gasteiger partial charge < -0.3 is 20.7 Å². The van der Waals surface area contributed by atoms with Crippen molar-refractivity contribution in [3.05, 3.63) is 107 Å². The number of hydrogen-bond donors (Lipinski definition) is 4. The van der Waals surface area contributed by atoms with Crippen LogP contribution in [0.25, 0.3) is 0 Å². The van der Waals surface area contributed by atoms with Crippen molar-refractivity contribution in [3.8, 4) is 0 Å². The highest BCUT2D eigenvalue weighted by Gasteiger charge is 2.27. The Morgan fingerprint density at radius 1 is 0.875 bits per heavy atom. The molecule has 3 rings (SSSR count). The molecule has 0 aliphatic carbocycles. The van der Waals surface area contributed by atoms with Gasteiger partial charge in [-0.1, -0.05) is 72.3 Å². The Labute approximate surface area is 192 Å². The van der Waals surface area contributed by atoms with E-state index in [0.717, 1.165) is 5.56 Å². The zero-order valence-electron chi connectivity index (χ0n) is 17.3. The van der Waals surface area contributed by atoms with Crippen molar-refractivity contribution in [1.82, 2.24) is 10.6 Å². The van der Waals surface area contributed by atoms with Gasteiger partial charge in [-0.3, -0.25) is 9.59 Å². The number of halogens is 1. The second-order valence-electron chi connectivity index (χ2n) is 7.43. The molecule has 0 bridgehead atoms. The molecule has 0 fully saturated rings. The molecule has 2 amide bonds. The fourth-order valence-electron chi connectivity index (χ4n) is 3.36. The number of nitrogens with one attached hydrogen (secondary N) is 2. The minimum atomic E-state index is -1.73. The van der Waals surface area contributed by atoms with Crippen molar-refractivity contribution in [1.29, 1.82) is 0 Å². The van der Waals surface area contributed by atoms with Gasteiger partial charge in [0.05, 0.1) is 18.4 Å². The first-order valence-corrected chi connectivity index (χ1v) is 10.6. The normalized spacial score (nSPS) is 12.5. The van der Waals surface area contributed by atoms with E-state index in [2.05, 4.69) is 10.6 Å². The van der Waals surface area contributed by atoms with Gasteiger partial charge in [0.2, 0.25) is 5.91 Å². The Morgan fingerprint density at radius 2 is 1.53 bits per heavy atom. The van der Waals surface area contributed by atoms with Gasteiger partial charge in [0, 0.05) is 10.6 Å².